The predicted octanol–water partition coefficient (Wildman–Crippen LogP) is 3.95. The standard InChI is InChI=1S/C20H17F3N6O2S/c1-30-15-8-2-12(3-9-15)10-16-26-27-19(29(16)24)32-11-17-25-18(28-31-17)13-4-6-14(7-5-13)20(21,22)23/h2-9H,10-11,24H2,1H3. The summed E-state index contributed by atoms with van der Waals surface area (Å²) in [6.45, 7) is 0. The maximum absolute atomic E-state index is 12.7. The Hall–Kier alpha value is -3.54. The van der Waals surface area contributed by atoms with Crippen LogP contribution < -0.4 is 10.6 Å². The molecule has 2 N–H and O–H groups in total. The molecule has 0 aliphatic heterocycles. The van der Waals surface area contributed by atoms with Crippen LogP contribution in [0.5, 0.6) is 5.75 Å². The molecule has 0 unspecified atom stereocenters. The van der Waals surface area contributed by atoms with E-state index in [0.29, 0.717) is 23.0 Å². The van der Waals surface area contributed by atoms with Gasteiger partial charge in [-0.2, -0.15) is 18.2 Å². The number of aromatic nitrogens is 5. The second-order valence-electron chi connectivity index (χ2n) is 6.67. The molecule has 0 aliphatic rings. The lowest BCUT2D eigenvalue weighted by molar-refractivity contribution is -0.137. The Kier molecular flexibility index (Phi) is 6.04. The van der Waals surface area contributed by atoms with Crippen molar-refractivity contribution in [3.8, 4) is 17.1 Å². The minimum Gasteiger partial charge on any atom is -0.497 e. The van der Waals surface area contributed by atoms with Gasteiger partial charge in [0, 0.05) is 12.0 Å². The van der Waals surface area contributed by atoms with Crippen molar-refractivity contribution in [1.29, 1.82) is 0 Å². The molecule has 2 aromatic carbocycles. The number of hydrogen-bond donors (Lipinski definition) is 1. The molecule has 12 heteroatoms. The molecule has 0 radical (unpaired) electrons. The predicted molar refractivity (Wildman–Crippen MR) is 110 cm³/mol. The van der Waals surface area contributed by atoms with Crippen LogP contribution in [0.15, 0.2) is 58.2 Å². The number of nitrogens with zero attached hydrogens (tertiary/aromatic N) is 5. The molecule has 4 rings (SSSR count). The van der Waals surface area contributed by atoms with E-state index < -0.39 is 11.7 Å². The number of rotatable bonds is 7. The summed E-state index contributed by atoms with van der Waals surface area (Å²) in [4.78, 5) is 4.22. The van der Waals surface area contributed by atoms with Crippen molar-refractivity contribution in [2.75, 3.05) is 13.0 Å². The van der Waals surface area contributed by atoms with Gasteiger partial charge in [-0.05, 0) is 29.8 Å². The lowest BCUT2D eigenvalue weighted by atomic mass is 10.1. The number of nitrogens with two attached hydrogens (primary N) is 1. The van der Waals surface area contributed by atoms with Crippen LogP contribution in [0, 0.1) is 0 Å². The largest absolute Gasteiger partial charge is 0.497 e. The number of alkyl halides is 3. The van der Waals surface area contributed by atoms with E-state index in [-0.39, 0.29) is 17.5 Å². The zero-order chi connectivity index (χ0) is 22.7. The Bertz CT molecular complexity index is 1190. The molecule has 0 fully saturated rings. The van der Waals surface area contributed by atoms with Crippen molar-refractivity contribution in [3.05, 3.63) is 71.4 Å². The first-order valence-electron chi connectivity index (χ1n) is 9.29. The number of methoxy groups -OCH3 is 1. The highest BCUT2D eigenvalue weighted by Crippen LogP contribution is 2.30. The molecular weight excluding hydrogens is 445 g/mol. The zero-order valence-electron chi connectivity index (χ0n) is 16.7. The van der Waals surface area contributed by atoms with Gasteiger partial charge < -0.3 is 15.1 Å². The summed E-state index contributed by atoms with van der Waals surface area (Å²) in [6, 6.07) is 12.1. The van der Waals surface area contributed by atoms with Crippen molar-refractivity contribution in [1.82, 2.24) is 25.0 Å². The fourth-order valence-corrected chi connectivity index (χ4v) is 3.53. The summed E-state index contributed by atoms with van der Waals surface area (Å²) in [5.41, 5.74) is 0.676. The first-order chi connectivity index (χ1) is 15.3. The maximum Gasteiger partial charge on any atom is 0.416 e. The van der Waals surface area contributed by atoms with Crippen molar-refractivity contribution in [3.63, 3.8) is 0 Å². The van der Waals surface area contributed by atoms with Crippen LogP contribution in [0.25, 0.3) is 11.4 Å². The summed E-state index contributed by atoms with van der Waals surface area (Å²) in [6.07, 6.45) is -3.91. The lowest BCUT2D eigenvalue weighted by Gasteiger charge is -2.05. The van der Waals surface area contributed by atoms with Gasteiger partial charge in [-0.1, -0.05) is 41.2 Å². The first kappa shape index (κ1) is 21.7. The average Bonchev–Trinajstić information content (AvgIpc) is 3.39. The quantitative estimate of drug-likeness (QED) is 0.325. The van der Waals surface area contributed by atoms with E-state index in [0.717, 1.165) is 23.4 Å². The third-order valence-corrected chi connectivity index (χ3v) is 5.45. The van der Waals surface area contributed by atoms with E-state index in [1.165, 1.54) is 28.6 Å². The third-order valence-electron chi connectivity index (χ3n) is 4.52. The monoisotopic (exact) mass is 462 g/mol. The van der Waals surface area contributed by atoms with Crippen LogP contribution >= 0.6 is 11.8 Å². The van der Waals surface area contributed by atoms with E-state index >= 15 is 0 Å². The van der Waals surface area contributed by atoms with Crippen LogP contribution in [0.1, 0.15) is 22.8 Å². The number of benzene rings is 2. The molecule has 0 spiro atoms. The molecular formula is C20H17F3N6O2S. The fourth-order valence-electron chi connectivity index (χ4n) is 2.82. The Morgan fingerprint density at radius 3 is 2.44 bits per heavy atom. The third kappa shape index (κ3) is 4.85. The lowest BCUT2D eigenvalue weighted by Crippen LogP contribution is -2.14. The summed E-state index contributed by atoms with van der Waals surface area (Å²) < 4.78 is 49.8. The molecule has 0 aliphatic carbocycles. The first-order valence-corrected chi connectivity index (χ1v) is 10.3. The second kappa shape index (κ2) is 8.91. The fraction of sp³-hybridized carbons (Fsp3) is 0.200. The molecule has 166 valence electrons. The van der Waals surface area contributed by atoms with Gasteiger partial charge in [0.25, 0.3) is 0 Å². The van der Waals surface area contributed by atoms with Crippen LogP contribution in [0.4, 0.5) is 13.2 Å². The van der Waals surface area contributed by atoms with Crippen molar-refractivity contribution in [2.45, 2.75) is 23.5 Å². The number of ether oxygens (including phenoxy) is 1. The molecule has 32 heavy (non-hydrogen) atoms. The van der Waals surface area contributed by atoms with Gasteiger partial charge in [-0.3, -0.25) is 0 Å². The van der Waals surface area contributed by atoms with E-state index in [9.17, 15) is 13.2 Å². The van der Waals surface area contributed by atoms with Crippen molar-refractivity contribution in [2.24, 2.45) is 0 Å². The van der Waals surface area contributed by atoms with Gasteiger partial charge in [-0.25, -0.2) is 4.68 Å². The molecule has 0 saturated heterocycles. The molecule has 8 nitrogen and oxygen atoms in total. The molecule has 0 amide bonds. The highest BCUT2D eigenvalue weighted by molar-refractivity contribution is 7.98. The number of nitrogen functional groups attached to an aromatic ring is 1. The molecule has 0 saturated carbocycles. The minimum absolute atomic E-state index is 0.198. The Balaban J connectivity index is 1.39. The van der Waals surface area contributed by atoms with Gasteiger partial charge in [0.05, 0.1) is 18.4 Å². The molecule has 0 atom stereocenters. The highest BCUT2D eigenvalue weighted by Gasteiger charge is 2.30. The topological polar surface area (TPSA) is 105 Å². The minimum atomic E-state index is -4.40. The summed E-state index contributed by atoms with van der Waals surface area (Å²) in [5, 5.41) is 12.5. The van der Waals surface area contributed by atoms with Gasteiger partial charge in [0.15, 0.2) is 5.82 Å². The SMILES string of the molecule is COc1ccc(Cc2nnc(SCc3nc(-c4ccc(C(F)(F)F)cc4)no3)n2N)cc1. The second-order valence-corrected chi connectivity index (χ2v) is 7.61. The number of thioether (sulfide) groups is 1. The highest BCUT2D eigenvalue weighted by atomic mass is 32.2. The van der Waals surface area contributed by atoms with Crippen molar-refractivity contribution < 1.29 is 22.4 Å². The smallest absolute Gasteiger partial charge is 0.416 e. The van der Waals surface area contributed by atoms with Crippen LogP contribution in [0.3, 0.4) is 0 Å². The van der Waals surface area contributed by atoms with Gasteiger partial charge >= 0.3 is 6.18 Å². The van der Waals surface area contributed by atoms with Crippen LogP contribution in [0.2, 0.25) is 0 Å². The van der Waals surface area contributed by atoms with Crippen molar-refractivity contribution >= 4 is 11.8 Å². The summed E-state index contributed by atoms with van der Waals surface area (Å²) in [7, 11) is 1.60. The van der Waals surface area contributed by atoms with Gasteiger partial charge in [-0.15, -0.1) is 10.2 Å². The summed E-state index contributed by atoms with van der Waals surface area (Å²) >= 11 is 1.25. The molecule has 4 aromatic rings. The van der Waals surface area contributed by atoms with Crippen LogP contribution in [-0.2, 0) is 18.3 Å². The van der Waals surface area contributed by atoms with E-state index in [1.54, 1.807) is 7.11 Å². The van der Waals surface area contributed by atoms with Gasteiger partial charge in [0.1, 0.15) is 5.75 Å². The van der Waals surface area contributed by atoms with Crippen LogP contribution in [-0.4, -0.2) is 32.1 Å². The molecule has 0 bridgehead atoms. The average molecular weight is 462 g/mol. The molecule has 2 aromatic heterocycles. The normalized spacial score (nSPS) is 11.6. The number of hydrogen-bond acceptors (Lipinski definition) is 8. The Morgan fingerprint density at radius 1 is 1.06 bits per heavy atom. The number of halogens is 3. The maximum atomic E-state index is 12.7. The molecule has 2 heterocycles. The van der Waals surface area contributed by atoms with E-state index in [2.05, 4.69) is 20.3 Å². The Morgan fingerprint density at radius 2 is 1.78 bits per heavy atom. The van der Waals surface area contributed by atoms with E-state index in [1.807, 2.05) is 24.3 Å². The van der Waals surface area contributed by atoms with E-state index in [4.69, 9.17) is 15.1 Å². The Labute approximate surface area is 184 Å². The summed E-state index contributed by atoms with van der Waals surface area (Å²) in [5.74, 6) is 8.19. The van der Waals surface area contributed by atoms with Gasteiger partial charge in [0.2, 0.25) is 16.9 Å². The zero-order valence-corrected chi connectivity index (χ0v) is 17.5.